The Bertz CT molecular complexity index is 769. The van der Waals surface area contributed by atoms with Crippen molar-refractivity contribution in [3.8, 4) is 5.69 Å². The van der Waals surface area contributed by atoms with Gasteiger partial charge in [-0.3, -0.25) is 4.99 Å². The van der Waals surface area contributed by atoms with Crippen molar-refractivity contribution in [3.63, 3.8) is 0 Å². The summed E-state index contributed by atoms with van der Waals surface area (Å²) in [4.78, 5) is 4.36. The Hall–Kier alpha value is -1.61. The van der Waals surface area contributed by atoms with E-state index in [4.69, 9.17) is 4.74 Å². The summed E-state index contributed by atoms with van der Waals surface area (Å²) in [5.41, 5.74) is 2.18. The lowest BCUT2D eigenvalue weighted by molar-refractivity contribution is -0.0835. The van der Waals surface area contributed by atoms with Crippen LogP contribution in [0.5, 0.6) is 0 Å². The number of ether oxygens (including phenoxy) is 1. The predicted molar refractivity (Wildman–Crippen MR) is 129 cm³/mol. The Morgan fingerprint density at radius 2 is 1.97 bits per heavy atom. The topological polar surface area (TPSA) is 63.5 Å². The molecule has 2 atom stereocenters. The monoisotopic (exact) mass is 511 g/mol. The number of hydrogen-bond donors (Lipinski definition) is 2. The van der Waals surface area contributed by atoms with Crippen LogP contribution in [-0.4, -0.2) is 42.0 Å². The van der Waals surface area contributed by atoms with E-state index >= 15 is 0 Å². The standard InChI is InChI=1S/C22H33N5O.HI/c1-22(2,3)20-17(9-8-14-28-20)15-24-21(23-4)25-16-18-12-13-27(26-18)19-10-6-5-7-11-19;/h5-7,10-13,17,20H,8-9,14-16H2,1-4H3,(H2,23,24,25);1H. The molecule has 2 N–H and O–H groups in total. The molecule has 1 aromatic heterocycles. The minimum Gasteiger partial charge on any atom is -0.377 e. The van der Waals surface area contributed by atoms with Crippen molar-refractivity contribution in [1.29, 1.82) is 0 Å². The maximum absolute atomic E-state index is 6.08. The van der Waals surface area contributed by atoms with Crippen LogP contribution in [0.4, 0.5) is 0 Å². The summed E-state index contributed by atoms with van der Waals surface area (Å²) in [6.07, 6.45) is 4.57. The van der Waals surface area contributed by atoms with Crippen molar-refractivity contribution in [3.05, 3.63) is 48.3 Å². The van der Waals surface area contributed by atoms with Crippen molar-refractivity contribution >= 4 is 29.9 Å². The summed E-state index contributed by atoms with van der Waals surface area (Å²) in [6, 6.07) is 12.1. The number of guanidine groups is 1. The van der Waals surface area contributed by atoms with E-state index in [1.165, 1.54) is 6.42 Å². The van der Waals surface area contributed by atoms with Crippen molar-refractivity contribution in [2.24, 2.45) is 16.3 Å². The smallest absolute Gasteiger partial charge is 0.191 e. The summed E-state index contributed by atoms with van der Waals surface area (Å²) < 4.78 is 7.97. The number of hydrogen-bond acceptors (Lipinski definition) is 3. The minimum absolute atomic E-state index is 0. The van der Waals surface area contributed by atoms with Gasteiger partial charge in [0.05, 0.1) is 24.0 Å². The number of nitrogens with one attached hydrogen (secondary N) is 2. The molecular formula is C22H34IN5O. The molecule has 1 aromatic carbocycles. The third-order valence-corrected chi connectivity index (χ3v) is 5.16. The molecule has 1 aliphatic heterocycles. The zero-order valence-corrected chi connectivity index (χ0v) is 20.2. The third-order valence-electron chi connectivity index (χ3n) is 5.16. The normalized spacial score (nSPS) is 20.1. The van der Waals surface area contributed by atoms with E-state index in [9.17, 15) is 0 Å². The second-order valence-electron chi connectivity index (χ2n) is 8.45. The first-order valence-electron chi connectivity index (χ1n) is 10.1. The van der Waals surface area contributed by atoms with Gasteiger partial charge in [0.2, 0.25) is 0 Å². The maximum Gasteiger partial charge on any atom is 0.191 e. The van der Waals surface area contributed by atoms with Gasteiger partial charge < -0.3 is 15.4 Å². The van der Waals surface area contributed by atoms with Crippen LogP contribution in [0.3, 0.4) is 0 Å². The summed E-state index contributed by atoms with van der Waals surface area (Å²) >= 11 is 0. The molecule has 3 rings (SSSR count). The molecule has 1 saturated heterocycles. The second-order valence-corrected chi connectivity index (χ2v) is 8.45. The Kier molecular flexibility index (Phi) is 8.95. The van der Waals surface area contributed by atoms with Crippen LogP contribution in [0.15, 0.2) is 47.6 Å². The van der Waals surface area contributed by atoms with Crippen molar-refractivity contribution in [2.75, 3.05) is 20.2 Å². The molecule has 1 fully saturated rings. The zero-order chi connectivity index (χ0) is 20.0. The molecule has 6 nitrogen and oxygen atoms in total. The van der Waals surface area contributed by atoms with E-state index < -0.39 is 0 Å². The van der Waals surface area contributed by atoms with Crippen LogP contribution in [-0.2, 0) is 11.3 Å². The fourth-order valence-electron chi connectivity index (χ4n) is 3.81. The molecule has 0 bridgehead atoms. The minimum atomic E-state index is 0. The van der Waals surface area contributed by atoms with Gasteiger partial charge >= 0.3 is 0 Å². The molecule has 29 heavy (non-hydrogen) atoms. The van der Waals surface area contributed by atoms with Crippen molar-refractivity contribution < 1.29 is 4.74 Å². The van der Waals surface area contributed by atoms with E-state index in [1.807, 2.05) is 47.3 Å². The SMILES string of the molecule is CN=C(NCc1ccn(-c2ccccc2)n1)NCC1CCCOC1C(C)(C)C.I. The Labute approximate surface area is 191 Å². The third kappa shape index (κ3) is 6.70. The molecule has 0 amide bonds. The van der Waals surface area contributed by atoms with Gasteiger partial charge in [-0.05, 0) is 36.5 Å². The van der Waals surface area contributed by atoms with Crippen LogP contribution < -0.4 is 10.6 Å². The van der Waals surface area contributed by atoms with E-state index in [0.29, 0.717) is 12.5 Å². The van der Waals surface area contributed by atoms with Gasteiger partial charge in [-0.2, -0.15) is 5.10 Å². The highest BCUT2D eigenvalue weighted by atomic mass is 127. The molecule has 160 valence electrons. The van der Waals surface area contributed by atoms with E-state index in [1.54, 1.807) is 7.05 Å². The average Bonchev–Trinajstić information content (AvgIpc) is 3.17. The second kappa shape index (κ2) is 11.0. The number of aliphatic imine (C=N–C) groups is 1. The van der Waals surface area contributed by atoms with Crippen LogP contribution >= 0.6 is 24.0 Å². The fourth-order valence-corrected chi connectivity index (χ4v) is 3.81. The van der Waals surface area contributed by atoms with Gasteiger partial charge in [0.25, 0.3) is 0 Å². The molecule has 2 unspecified atom stereocenters. The van der Waals surface area contributed by atoms with Crippen molar-refractivity contribution in [1.82, 2.24) is 20.4 Å². The number of benzene rings is 1. The number of nitrogens with zero attached hydrogens (tertiary/aromatic N) is 3. The summed E-state index contributed by atoms with van der Waals surface area (Å²) in [5.74, 6) is 1.29. The summed E-state index contributed by atoms with van der Waals surface area (Å²) in [5, 5.41) is 11.5. The van der Waals surface area contributed by atoms with Crippen LogP contribution in [0, 0.1) is 11.3 Å². The maximum atomic E-state index is 6.08. The first-order chi connectivity index (χ1) is 13.5. The van der Waals surface area contributed by atoms with Crippen LogP contribution in [0.2, 0.25) is 0 Å². The van der Waals surface area contributed by atoms with E-state index in [-0.39, 0.29) is 35.5 Å². The van der Waals surface area contributed by atoms with Gasteiger partial charge in [-0.25, -0.2) is 4.68 Å². The van der Waals surface area contributed by atoms with E-state index in [0.717, 1.165) is 36.9 Å². The Morgan fingerprint density at radius 1 is 1.21 bits per heavy atom. The lowest BCUT2D eigenvalue weighted by Gasteiger charge is -2.40. The van der Waals surface area contributed by atoms with Gasteiger partial charge in [0.1, 0.15) is 0 Å². The van der Waals surface area contributed by atoms with Gasteiger partial charge in [-0.15, -0.1) is 24.0 Å². The molecule has 2 heterocycles. The molecule has 2 aromatic rings. The van der Waals surface area contributed by atoms with Gasteiger partial charge in [-0.1, -0.05) is 39.0 Å². The van der Waals surface area contributed by atoms with Crippen LogP contribution in [0.25, 0.3) is 5.69 Å². The number of halogens is 1. The van der Waals surface area contributed by atoms with E-state index in [2.05, 4.69) is 41.5 Å². The summed E-state index contributed by atoms with van der Waals surface area (Å²) in [6.45, 7) is 9.13. The zero-order valence-electron chi connectivity index (χ0n) is 17.9. The largest absolute Gasteiger partial charge is 0.377 e. The fraction of sp³-hybridized carbons (Fsp3) is 0.545. The number of rotatable bonds is 5. The molecule has 7 heteroatoms. The van der Waals surface area contributed by atoms with Crippen molar-refractivity contribution in [2.45, 2.75) is 46.3 Å². The molecule has 0 aliphatic carbocycles. The first-order valence-corrected chi connectivity index (χ1v) is 10.1. The Balaban J connectivity index is 0.00000300. The van der Waals surface area contributed by atoms with Gasteiger partial charge in [0, 0.05) is 32.3 Å². The molecule has 0 radical (unpaired) electrons. The average molecular weight is 511 g/mol. The van der Waals surface area contributed by atoms with Crippen LogP contribution in [0.1, 0.15) is 39.3 Å². The number of aromatic nitrogens is 2. The van der Waals surface area contributed by atoms with Gasteiger partial charge in [0.15, 0.2) is 5.96 Å². The summed E-state index contributed by atoms with van der Waals surface area (Å²) in [7, 11) is 1.80. The first kappa shape index (κ1) is 23.7. The molecule has 0 saturated carbocycles. The predicted octanol–water partition coefficient (Wildman–Crippen LogP) is 4.00. The molecule has 1 aliphatic rings. The molecular weight excluding hydrogens is 477 g/mol. The quantitative estimate of drug-likeness (QED) is 0.362. The molecule has 0 spiro atoms. The lowest BCUT2D eigenvalue weighted by Crippen LogP contribution is -2.47. The highest BCUT2D eigenvalue weighted by Gasteiger charge is 2.35. The highest BCUT2D eigenvalue weighted by Crippen LogP contribution is 2.33. The number of para-hydroxylation sites is 1. The Morgan fingerprint density at radius 3 is 2.66 bits per heavy atom. The highest BCUT2D eigenvalue weighted by molar-refractivity contribution is 14.0. The lowest BCUT2D eigenvalue weighted by atomic mass is 9.78.